The van der Waals surface area contributed by atoms with Crippen molar-refractivity contribution in [3.8, 4) is 5.82 Å². The van der Waals surface area contributed by atoms with Crippen LogP contribution in [0.4, 0.5) is 5.95 Å². The molecule has 0 spiro atoms. The molecular formula is C11H13N5O2. The summed E-state index contributed by atoms with van der Waals surface area (Å²) in [5.41, 5.74) is 6.65. The molecule has 2 N–H and O–H groups in total. The molecule has 2 aromatic heterocycles. The number of nitrogens with two attached hydrogens (primary N) is 1. The third-order valence-corrected chi connectivity index (χ3v) is 2.19. The van der Waals surface area contributed by atoms with Crippen molar-refractivity contribution in [1.82, 2.24) is 19.7 Å². The number of aromatic nitrogens is 4. The zero-order valence-corrected chi connectivity index (χ0v) is 10.1. The third kappa shape index (κ3) is 2.45. The van der Waals surface area contributed by atoms with Crippen LogP contribution in [0.1, 0.15) is 23.0 Å². The first-order valence-electron chi connectivity index (χ1n) is 5.43. The van der Waals surface area contributed by atoms with Gasteiger partial charge in [-0.25, -0.2) is 14.5 Å². The SMILES string of the molecule is CCOC(=O)c1cnn(-c2cc(C)nc(N)n2)c1. The van der Waals surface area contributed by atoms with Gasteiger partial charge in [0.05, 0.1) is 18.4 Å². The smallest absolute Gasteiger partial charge is 0.341 e. The lowest BCUT2D eigenvalue weighted by molar-refractivity contribution is 0.0526. The van der Waals surface area contributed by atoms with E-state index in [1.165, 1.54) is 10.9 Å². The molecule has 2 aromatic rings. The number of aryl methyl sites for hydroxylation is 1. The molecule has 0 aliphatic heterocycles. The van der Waals surface area contributed by atoms with Crippen LogP contribution in [0, 0.1) is 6.92 Å². The van der Waals surface area contributed by atoms with E-state index in [-0.39, 0.29) is 5.95 Å². The molecule has 0 amide bonds. The minimum Gasteiger partial charge on any atom is -0.462 e. The van der Waals surface area contributed by atoms with E-state index in [1.54, 1.807) is 26.1 Å². The highest BCUT2D eigenvalue weighted by Crippen LogP contribution is 2.09. The molecule has 2 heterocycles. The third-order valence-electron chi connectivity index (χ3n) is 2.19. The zero-order valence-electron chi connectivity index (χ0n) is 10.1. The highest BCUT2D eigenvalue weighted by atomic mass is 16.5. The number of anilines is 1. The van der Waals surface area contributed by atoms with Crippen molar-refractivity contribution in [2.24, 2.45) is 0 Å². The standard InChI is InChI=1S/C11H13N5O2/c1-3-18-10(17)8-5-13-16(6-8)9-4-7(2)14-11(12)15-9/h4-6H,3H2,1-2H3,(H2,12,14,15). The molecule has 0 atom stereocenters. The molecule has 2 rings (SSSR count). The number of rotatable bonds is 3. The number of nitrogen functional groups attached to an aromatic ring is 1. The van der Waals surface area contributed by atoms with Gasteiger partial charge in [-0.3, -0.25) is 0 Å². The lowest BCUT2D eigenvalue weighted by Gasteiger charge is -2.02. The largest absolute Gasteiger partial charge is 0.462 e. The van der Waals surface area contributed by atoms with Crippen LogP contribution in [0.2, 0.25) is 0 Å². The van der Waals surface area contributed by atoms with Gasteiger partial charge < -0.3 is 10.5 Å². The maximum absolute atomic E-state index is 11.5. The number of hydrogen-bond acceptors (Lipinski definition) is 6. The number of nitrogens with zero attached hydrogens (tertiary/aromatic N) is 4. The van der Waals surface area contributed by atoms with Crippen molar-refractivity contribution in [3.05, 3.63) is 29.7 Å². The molecule has 0 aromatic carbocycles. The fraction of sp³-hybridized carbons (Fsp3) is 0.273. The molecule has 0 aliphatic carbocycles. The van der Waals surface area contributed by atoms with Gasteiger partial charge in [-0.1, -0.05) is 0 Å². The van der Waals surface area contributed by atoms with Crippen LogP contribution in [-0.4, -0.2) is 32.3 Å². The zero-order chi connectivity index (χ0) is 13.1. The van der Waals surface area contributed by atoms with Gasteiger partial charge in [0.1, 0.15) is 0 Å². The Morgan fingerprint density at radius 1 is 1.50 bits per heavy atom. The van der Waals surface area contributed by atoms with Crippen molar-refractivity contribution in [1.29, 1.82) is 0 Å². The summed E-state index contributed by atoms with van der Waals surface area (Å²) in [6.45, 7) is 3.87. The Morgan fingerprint density at radius 2 is 2.28 bits per heavy atom. The van der Waals surface area contributed by atoms with Crippen molar-refractivity contribution in [3.63, 3.8) is 0 Å². The average Bonchev–Trinajstić information content (AvgIpc) is 2.77. The van der Waals surface area contributed by atoms with E-state index in [9.17, 15) is 4.79 Å². The molecule has 18 heavy (non-hydrogen) atoms. The Balaban J connectivity index is 2.32. The van der Waals surface area contributed by atoms with E-state index >= 15 is 0 Å². The van der Waals surface area contributed by atoms with Crippen LogP contribution in [0.15, 0.2) is 18.5 Å². The molecule has 0 unspecified atom stereocenters. The lowest BCUT2D eigenvalue weighted by atomic mass is 10.4. The number of esters is 1. The van der Waals surface area contributed by atoms with E-state index in [0.717, 1.165) is 5.69 Å². The van der Waals surface area contributed by atoms with E-state index < -0.39 is 5.97 Å². The van der Waals surface area contributed by atoms with Crippen LogP contribution in [0.3, 0.4) is 0 Å². The molecule has 0 radical (unpaired) electrons. The summed E-state index contributed by atoms with van der Waals surface area (Å²) < 4.78 is 6.33. The van der Waals surface area contributed by atoms with Gasteiger partial charge in [0.25, 0.3) is 0 Å². The Labute approximate surface area is 104 Å². The van der Waals surface area contributed by atoms with Crippen molar-refractivity contribution in [2.45, 2.75) is 13.8 Å². The first-order chi connectivity index (χ1) is 8.60. The molecule has 0 aliphatic rings. The van der Waals surface area contributed by atoms with Gasteiger partial charge in [0.2, 0.25) is 5.95 Å². The van der Waals surface area contributed by atoms with Crippen molar-refractivity contribution >= 4 is 11.9 Å². The monoisotopic (exact) mass is 247 g/mol. The van der Waals surface area contributed by atoms with Crippen LogP contribution < -0.4 is 5.73 Å². The minimum absolute atomic E-state index is 0.165. The Morgan fingerprint density at radius 3 is 2.94 bits per heavy atom. The Kier molecular flexibility index (Phi) is 3.22. The summed E-state index contributed by atoms with van der Waals surface area (Å²) in [4.78, 5) is 19.5. The molecule has 94 valence electrons. The fourth-order valence-electron chi connectivity index (χ4n) is 1.46. The second kappa shape index (κ2) is 4.82. The van der Waals surface area contributed by atoms with Gasteiger partial charge in [-0.05, 0) is 13.8 Å². The predicted molar refractivity (Wildman–Crippen MR) is 64.3 cm³/mol. The molecule has 7 heteroatoms. The first kappa shape index (κ1) is 12.0. The van der Waals surface area contributed by atoms with Gasteiger partial charge in [0, 0.05) is 18.0 Å². The maximum Gasteiger partial charge on any atom is 0.341 e. The quantitative estimate of drug-likeness (QED) is 0.803. The average molecular weight is 247 g/mol. The number of carbonyl (C=O) groups is 1. The predicted octanol–water partition coefficient (Wildman–Crippen LogP) is 0.730. The van der Waals surface area contributed by atoms with Gasteiger partial charge in [-0.2, -0.15) is 10.1 Å². The molecule has 0 fully saturated rings. The number of ether oxygens (including phenoxy) is 1. The summed E-state index contributed by atoms with van der Waals surface area (Å²) in [6, 6.07) is 1.72. The van der Waals surface area contributed by atoms with Crippen LogP contribution in [-0.2, 0) is 4.74 Å². The summed E-state index contributed by atoms with van der Waals surface area (Å²) in [5.74, 6) is 0.260. The number of hydrogen-bond donors (Lipinski definition) is 1. The first-order valence-corrected chi connectivity index (χ1v) is 5.43. The van der Waals surface area contributed by atoms with Gasteiger partial charge in [0.15, 0.2) is 5.82 Å². The lowest BCUT2D eigenvalue weighted by Crippen LogP contribution is -2.05. The topological polar surface area (TPSA) is 95.9 Å². The molecule has 0 saturated carbocycles. The van der Waals surface area contributed by atoms with E-state index in [1.807, 2.05) is 0 Å². The summed E-state index contributed by atoms with van der Waals surface area (Å²) in [5, 5.41) is 4.04. The van der Waals surface area contributed by atoms with Gasteiger partial charge >= 0.3 is 5.97 Å². The summed E-state index contributed by atoms with van der Waals surface area (Å²) in [6.07, 6.45) is 2.96. The molecule has 7 nitrogen and oxygen atoms in total. The summed E-state index contributed by atoms with van der Waals surface area (Å²) >= 11 is 0. The molecular weight excluding hydrogens is 234 g/mol. The highest BCUT2D eigenvalue weighted by Gasteiger charge is 2.11. The van der Waals surface area contributed by atoms with E-state index in [0.29, 0.717) is 18.0 Å². The van der Waals surface area contributed by atoms with Crippen molar-refractivity contribution in [2.75, 3.05) is 12.3 Å². The fourth-order valence-corrected chi connectivity index (χ4v) is 1.46. The van der Waals surface area contributed by atoms with Crippen LogP contribution >= 0.6 is 0 Å². The molecule has 0 saturated heterocycles. The number of carbonyl (C=O) groups excluding carboxylic acids is 1. The normalized spacial score (nSPS) is 10.3. The van der Waals surface area contributed by atoms with E-state index in [4.69, 9.17) is 10.5 Å². The Bertz CT molecular complexity index is 558. The van der Waals surface area contributed by atoms with E-state index in [2.05, 4.69) is 15.1 Å². The highest BCUT2D eigenvalue weighted by molar-refractivity contribution is 5.88. The molecule has 0 bridgehead atoms. The maximum atomic E-state index is 11.5. The van der Waals surface area contributed by atoms with Crippen molar-refractivity contribution < 1.29 is 9.53 Å². The van der Waals surface area contributed by atoms with Gasteiger partial charge in [-0.15, -0.1) is 0 Å². The Hall–Kier alpha value is -2.44. The second-order valence-corrected chi connectivity index (χ2v) is 3.62. The minimum atomic E-state index is -0.414. The second-order valence-electron chi connectivity index (χ2n) is 3.62. The summed E-state index contributed by atoms with van der Waals surface area (Å²) in [7, 11) is 0. The van der Waals surface area contributed by atoms with Crippen LogP contribution in [0.5, 0.6) is 0 Å². The van der Waals surface area contributed by atoms with Crippen LogP contribution in [0.25, 0.3) is 5.82 Å².